The Hall–Kier alpha value is 0.0900. The zero-order chi connectivity index (χ0) is 6.20. The minimum Gasteiger partial charge on any atom is -0.125 e. The van der Waals surface area contributed by atoms with Gasteiger partial charge in [0.1, 0.15) is 0 Å². The summed E-state index contributed by atoms with van der Waals surface area (Å²) in [6.45, 7) is 6.74. The van der Waals surface area contributed by atoms with Crippen molar-refractivity contribution in [3.63, 3.8) is 0 Å². The fourth-order valence-electron chi connectivity index (χ4n) is 0.909. The summed E-state index contributed by atoms with van der Waals surface area (Å²) in [5.41, 5.74) is 0. The minimum absolute atomic E-state index is 0.490. The van der Waals surface area contributed by atoms with Gasteiger partial charge < -0.3 is 0 Å². The summed E-state index contributed by atoms with van der Waals surface area (Å²) in [7, 11) is 0. The minimum atomic E-state index is 0.490. The lowest BCUT2D eigenvalue weighted by Crippen LogP contribution is -2.07. The second kappa shape index (κ2) is 1.80. The zero-order valence-electron chi connectivity index (χ0n) is 5.69. The summed E-state index contributed by atoms with van der Waals surface area (Å²) in [5.74, 6) is 0. The molecule has 0 unspecified atom stereocenters. The van der Waals surface area contributed by atoms with Crippen LogP contribution in [0.4, 0.5) is 0 Å². The first kappa shape index (κ1) is 6.21. The fourth-order valence-corrected chi connectivity index (χ4v) is 2.11. The highest BCUT2D eigenvalue weighted by molar-refractivity contribution is 8.04. The first-order chi connectivity index (χ1) is 3.60. The Balaban J connectivity index is 2.55. The molecule has 0 N–H and O–H groups in total. The van der Waals surface area contributed by atoms with Crippen molar-refractivity contribution in [2.75, 3.05) is 0 Å². The molecule has 0 radical (unpaired) electrons. The summed E-state index contributed by atoms with van der Waals surface area (Å²) in [6, 6.07) is 0. The predicted octanol–water partition coefficient (Wildman–Crippen LogP) is 2.81. The molecule has 8 heavy (non-hydrogen) atoms. The molecule has 0 nitrogen and oxygen atoms in total. The van der Waals surface area contributed by atoms with Gasteiger partial charge in [-0.1, -0.05) is 19.9 Å². The van der Waals surface area contributed by atoms with Crippen LogP contribution in [0.3, 0.4) is 0 Å². The van der Waals surface area contributed by atoms with E-state index in [1.807, 2.05) is 11.8 Å². The van der Waals surface area contributed by atoms with E-state index >= 15 is 0 Å². The third kappa shape index (κ3) is 1.28. The van der Waals surface area contributed by atoms with Crippen molar-refractivity contribution in [2.24, 2.45) is 0 Å². The number of thioether (sulfide) groups is 1. The second-order valence-electron chi connectivity index (χ2n) is 2.88. The molecule has 1 aliphatic rings. The zero-order valence-corrected chi connectivity index (χ0v) is 6.51. The van der Waals surface area contributed by atoms with Crippen LogP contribution in [0.2, 0.25) is 0 Å². The Labute approximate surface area is 55.4 Å². The van der Waals surface area contributed by atoms with E-state index in [-0.39, 0.29) is 0 Å². The maximum atomic E-state index is 2.31. The van der Waals surface area contributed by atoms with E-state index in [0.717, 1.165) is 0 Å². The molecule has 0 aromatic carbocycles. The van der Waals surface area contributed by atoms with Gasteiger partial charge in [-0.05, 0) is 18.2 Å². The van der Waals surface area contributed by atoms with Crippen LogP contribution < -0.4 is 0 Å². The van der Waals surface area contributed by atoms with Crippen molar-refractivity contribution in [2.45, 2.75) is 31.9 Å². The number of hydrogen-bond donors (Lipinski definition) is 0. The highest BCUT2D eigenvalue weighted by atomic mass is 32.2. The maximum absolute atomic E-state index is 2.31. The standard InChI is InChI=1S/C7H12S/c1-6-4-5-7(2,3)8-6/h4H,5H2,1-3H3. The van der Waals surface area contributed by atoms with Crippen LogP contribution in [0.15, 0.2) is 11.0 Å². The van der Waals surface area contributed by atoms with Crippen molar-refractivity contribution in [3.8, 4) is 0 Å². The third-order valence-electron chi connectivity index (χ3n) is 1.32. The third-order valence-corrected chi connectivity index (χ3v) is 2.53. The molecule has 0 aliphatic carbocycles. The molecule has 1 aliphatic heterocycles. The van der Waals surface area contributed by atoms with Crippen molar-refractivity contribution < 1.29 is 0 Å². The number of rotatable bonds is 0. The van der Waals surface area contributed by atoms with E-state index < -0.39 is 0 Å². The largest absolute Gasteiger partial charge is 0.125 e. The number of hydrogen-bond acceptors (Lipinski definition) is 1. The van der Waals surface area contributed by atoms with Crippen molar-refractivity contribution in [1.82, 2.24) is 0 Å². The average molecular weight is 128 g/mol. The number of allylic oxidation sites excluding steroid dienone is 2. The molecule has 0 fully saturated rings. The van der Waals surface area contributed by atoms with Crippen LogP contribution in [0.25, 0.3) is 0 Å². The Morgan fingerprint density at radius 3 is 2.38 bits per heavy atom. The van der Waals surface area contributed by atoms with Gasteiger partial charge in [-0.3, -0.25) is 0 Å². The lowest BCUT2D eigenvalue weighted by molar-refractivity contribution is 0.740. The molecule has 0 aromatic heterocycles. The van der Waals surface area contributed by atoms with Gasteiger partial charge in [-0.25, -0.2) is 0 Å². The molecule has 0 aromatic rings. The predicted molar refractivity (Wildman–Crippen MR) is 40.0 cm³/mol. The lowest BCUT2D eigenvalue weighted by Gasteiger charge is -2.14. The molecular formula is C7H12S. The molecule has 0 saturated heterocycles. The van der Waals surface area contributed by atoms with Gasteiger partial charge in [-0.2, -0.15) is 0 Å². The molecular weight excluding hydrogens is 116 g/mol. The Bertz CT molecular complexity index is 122. The lowest BCUT2D eigenvalue weighted by atomic mass is 10.1. The van der Waals surface area contributed by atoms with Crippen LogP contribution in [0, 0.1) is 0 Å². The van der Waals surface area contributed by atoms with E-state index in [2.05, 4.69) is 26.8 Å². The molecule has 0 saturated carbocycles. The van der Waals surface area contributed by atoms with E-state index in [9.17, 15) is 0 Å². The second-order valence-corrected chi connectivity index (χ2v) is 4.83. The summed E-state index contributed by atoms with van der Waals surface area (Å²) in [5, 5.41) is 0. The van der Waals surface area contributed by atoms with Crippen LogP contribution in [-0.4, -0.2) is 4.75 Å². The molecule has 0 atom stereocenters. The Morgan fingerprint density at radius 1 is 1.62 bits per heavy atom. The van der Waals surface area contributed by atoms with Gasteiger partial charge in [0.15, 0.2) is 0 Å². The molecule has 0 bridgehead atoms. The maximum Gasteiger partial charge on any atom is 0.0182 e. The van der Waals surface area contributed by atoms with Gasteiger partial charge in [0.05, 0.1) is 0 Å². The monoisotopic (exact) mass is 128 g/mol. The van der Waals surface area contributed by atoms with Crippen LogP contribution in [0.5, 0.6) is 0 Å². The van der Waals surface area contributed by atoms with Crippen molar-refractivity contribution >= 4 is 11.8 Å². The molecule has 1 rings (SSSR count). The van der Waals surface area contributed by atoms with Gasteiger partial charge in [0.2, 0.25) is 0 Å². The summed E-state index contributed by atoms with van der Waals surface area (Å²) >= 11 is 1.98. The van der Waals surface area contributed by atoms with Crippen molar-refractivity contribution in [3.05, 3.63) is 11.0 Å². The average Bonchev–Trinajstić information content (AvgIpc) is 1.82. The first-order valence-corrected chi connectivity index (χ1v) is 3.78. The topological polar surface area (TPSA) is 0 Å². The van der Waals surface area contributed by atoms with Crippen LogP contribution >= 0.6 is 11.8 Å². The van der Waals surface area contributed by atoms with E-state index in [4.69, 9.17) is 0 Å². The highest BCUT2D eigenvalue weighted by Crippen LogP contribution is 2.40. The summed E-state index contributed by atoms with van der Waals surface area (Å²) < 4.78 is 0.490. The highest BCUT2D eigenvalue weighted by Gasteiger charge is 2.22. The molecule has 0 amide bonds. The molecule has 1 heteroatoms. The normalized spacial score (nSPS) is 25.6. The van der Waals surface area contributed by atoms with E-state index in [0.29, 0.717) is 4.75 Å². The molecule has 1 heterocycles. The van der Waals surface area contributed by atoms with E-state index in [1.54, 1.807) is 0 Å². The molecule has 46 valence electrons. The molecule has 0 spiro atoms. The quantitative estimate of drug-likeness (QED) is 0.483. The van der Waals surface area contributed by atoms with Gasteiger partial charge in [-0.15, -0.1) is 11.8 Å². The first-order valence-electron chi connectivity index (χ1n) is 2.96. The summed E-state index contributed by atoms with van der Waals surface area (Å²) in [6.07, 6.45) is 3.55. The van der Waals surface area contributed by atoms with Gasteiger partial charge in [0, 0.05) is 4.75 Å². The van der Waals surface area contributed by atoms with Crippen LogP contribution in [0.1, 0.15) is 27.2 Å². The Morgan fingerprint density at radius 2 is 2.25 bits per heavy atom. The fraction of sp³-hybridized carbons (Fsp3) is 0.714. The van der Waals surface area contributed by atoms with Crippen LogP contribution in [-0.2, 0) is 0 Å². The van der Waals surface area contributed by atoms with Gasteiger partial charge >= 0.3 is 0 Å². The smallest absolute Gasteiger partial charge is 0.0182 e. The summed E-state index contributed by atoms with van der Waals surface area (Å²) in [4.78, 5) is 1.48. The Kier molecular flexibility index (Phi) is 1.40. The van der Waals surface area contributed by atoms with Crippen molar-refractivity contribution in [1.29, 1.82) is 0 Å². The SMILES string of the molecule is CC1=CCC(C)(C)S1. The van der Waals surface area contributed by atoms with E-state index in [1.165, 1.54) is 11.3 Å². The van der Waals surface area contributed by atoms with Gasteiger partial charge in [0.25, 0.3) is 0 Å².